The molecule has 13 rings (SSSR count). The molecular weight excluding hydrogens is 735 g/mol. The van der Waals surface area contributed by atoms with E-state index in [0.29, 0.717) is 5.56 Å². The Bertz CT molecular complexity index is 3530. The first-order chi connectivity index (χ1) is 29.7. The molecule has 0 fully saturated rings. The van der Waals surface area contributed by atoms with Gasteiger partial charge in [-0.3, -0.25) is 9.97 Å². The second-order valence-electron chi connectivity index (χ2n) is 15.6. The Balaban J connectivity index is 1.15. The summed E-state index contributed by atoms with van der Waals surface area (Å²) < 4.78 is 11.5. The van der Waals surface area contributed by atoms with Crippen molar-refractivity contribution in [3.05, 3.63) is 216 Å². The van der Waals surface area contributed by atoms with E-state index in [4.69, 9.17) is 14.7 Å². The molecule has 0 atom stereocenters. The average molecular weight is 766 g/mol. The SMILES string of the molecule is N#Cc1cc(-n2c3ccccc3c3ccccc32)c(-n2c3ccccc3c3ccccc32)cc1-c1ccc2c(c1)C1(c3ccccc3O2)c2cccnc2-c2ncccc21. The molecule has 0 saturated heterocycles. The predicted octanol–water partition coefficient (Wildman–Crippen LogP) is 12.7. The van der Waals surface area contributed by atoms with Crippen molar-refractivity contribution in [2.75, 3.05) is 0 Å². The number of hydrogen-bond donors (Lipinski definition) is 0. The van der Waals surface area contributed by atoms with Gasteiger partial charge in [0.25, 0.3) is 0 Å². The molecule has 2 aliphatic rings. The van der Waals surface area contributed by atoms with Gasteiger partial charge in [0.05, 0.1) is 61.9 Å². The van der Waals surface area contributed by atoms with Gasteiger partial charge in [-0.1, -0.05) is 109 Å². The highest BCUT2D eigenvalue weighted by molar-refractivity contribution is 6.11. The van der Waals surface area contributed by atoms with Crippen molar-refractivity contribution in [3.63, 3.8) is 0 Å². The number of nitrogens with zero attached hydrogens (tertiary/aromatic N) is 5. The fourth-order valence-electron chi connectivity index (χ4n) is 10.4. The summed E-state index contributed by atoms with van der Waals surface area (Å²) in [5, 5.41) is 15.9. The van der Waals surface area contributed by atoms with E-state index in [1.54, 1.807) is 0 Å². The lowest BCUT2D eigenvalue weighted by molar-refractivity contribution is 0.436. The van der Waals surface area contributed by atoms with Crippen molar-refractivity contribution in [3.8, 4) is 51.5 Å². The summed E-state index contributed by atoms with van der Waals surface area (Å²) in [5.74, 6) is 1.55. The van der Waals surface area contributed by atoms with Crippen molar-refractivity contribution in [1.29, 1.82) is 5.26 Å². The number of aromatic nitrogens is 4. The van der Waals surface area contributed by atoms with Crippen LogP contribution in [0.5, 0.6) is 11.5 Å². The van der Waals surface area contributed by atoms with Crippen LogP contribution in [0.2, 0.25) is 0 Å². The molecule has 0 unspecified atom stereocenters. The highest BCUT2D eigenvalue weighted by Crippen LogP contribution is 2.61. The zero-order valence-electron chi connectivity index (χ0n) is 32.0. The Kier molecular flexibility index (Phi) is 6.62. The van der Waals surface area contributed by atoms with Gasteiger partial charge in [-0.2, -0.15) is 5.26 Å². The molecule has 0 bridgehead atoms. The lowest BCUT2D eigenvalue weighted by Crippen LogP contribution is -2.32. The predicted molar refractivity (Wildman–Crippen MR) is 238 cm³/mol. The minimum absolute atomic E-state index is 0.568. The van der Waals surface area contributed by atoms with Crippen LogP contribution in [-0.2, 0) is 5.41 Å². The monoisotopic (exact) mass is 765 g/mol. The van der Waals surface area contributed by atoms with Gasteiger partial charge in [-0.05, 0) is 83.4 Å². The summed E-state index contributed by atoms with van der Waals surface area (Å²) >= 11 is 0. The highest BCUT2D eigenvalue weighted by atomic mass is 16.5. The van der Waals surface area contributed by atoms with E-state index in [-0.39, 0.29) is 0 Å². The summed E-state index contributed by atoms with van der Waals surface area (Å²) in [5.41, 5.74) is 13.6. The molecule has 0 saturated carbocycles. The molecule has 1 aliphatic carbocycles. The van der Waals surface area contributed by atoms with Crippen molar-refractivity contribution < 1.29 is 4.74 Å². The molecule has 6 nitrogen and oxygen atoms in total. The third-order valence-electron chi connectivity index (χ3n) is 12.7. The normalized spacial score (nSPS) is 13.2. The van der Waals surface area contributed by atoms with Gasteiger partial charge in [-0.25, -0.2) is 0 Å². The van der Waals surface area contributed by atoms with Gasteiger partial charge in [-0.15, -0.1) is 0 Å². The van der Waals surface area contributed by atoms with Gasteiger partial charge in [0.2, 0.25) is 0 Å². The van der Waals surface area contributed by atoms with E-state index < -0.39 is 5.41 Å². The molecular formula is C54H31N5O. The summed E-state index contributed by atoms with van der Waals surface area (Å²) in [6.07, 6.45) is 3.68. The molecule has 0 N–H and O–H groups in total. The molecule has 6 heteroatoms. The van der Waals surface area contributed by atoms with Crippen molar-refractivity contribution in [2.45, 2.75) is 5.41 Å². The maximum Gasteiger partial charge on any atom is 0.132 e. The minimum Gasteiger partial charge on any atom is -0.457 e. The van der Waals surface area contributed by atoms with Crippen molar-refractivity contribution in [2.24, 2.45) is 0 Å². The van der Waals surface area contributed by atoms with Gasteiger partial charge in [0.15, 0.2) is 0 Å². The lowest BCUT2D eigenvalue weighted by Gasteiger charge is -2.39. The van der Waals surface area contributed by atoms with Crippen LogP contribution >= 0.6 is 0 Å². The number of fused-ring (bicyclic) bond motifs is 15. The third kappa shape index (κ3) is 4.20. The number of hydrogen-bond acceptors (Lipinski definition) is 4. The van der Waals surface area contributed by atoms with E-state index in [1.165, 1.54) is 10.8 Å². The quantitative estimate of drug-likeness (QED) is 0.180. The van der Waals surface area contributed by atoms with Gasteiger partial charge >= 0.3 is 0 Å². The second kappa shape index (κ2) is 12.1. The van der Waals surface area contributed by atoms with Crippen LogP contribution in [0.3, 0.4) is 0 Å². The smallest absolute Gasteiger partial charge is 0.132 e. The molecule has 4 aromatic heterocycles. The molecule has 5 heterocycles. The summed E-state index contributed by atoms with van der Waals surface area (Å²) in [6.45, 7) is 0. The van der Waals surface area contributed by atoms with Crippen LogP contribution in [0, 0.1) is 11.3 Å². The van der Waals surface area contributed by atoms with Crippen LogP contribution in [0.1, 0.15) is 27.8 Å². The maximum absolute atomic E-state index is 11.2. The van der Waals surface area contributed by atoms with E-state index in [2.05, 4.69) is 167 Å². The molecule has 0 radical (unpaired) electrons. The van der Waals surface area contributed by atoms with E-state index in [9.17, 15) is 5.26 Å². The molecule has 1 aliphatic heterocycles. The van der Waals surface area contributed by atoms with E-state index >= 15 is 0 Å². The fourth-order valence-corrected chi connectivity index (χ4v) is 10.4. The second-order valence-corrected chi connectivity index (χ2v) is 15.6. The fraction of sp³-hybridized carbons (Fsp3) is 0.0185. The van der Waals surface area contributed by atoms with Crippen LogP contribution in [0.15, 0.2) is 188 Å². The zero-order chi connectivity index (χ0) is 39.5. The van der Waals surface area contributed by atoms with Crippen LogP contribution < -0.4 is 4.74 Å². The van der Waals surface area contributed by atoms with E-state index in [0.717, 1.165) is 100 Å². The summed E-state index contributed by atoms with van der Waals surface area (Å²) in [6, 6.07) is 64.2. The lowest BCUT2D eigenvalue weighted by atomic mass is 9.66. The minimum atomic E-state index is -0.751. The number of nitriles is 1. The van der Waals surface area contributed by atoms with E-state index in [1.807, 2.05) is 36.7 Å². The average Bonchev–Trinajstić information content (AvgIpc) is 3.93. The van der Waals surface area contributed by atoms with Crippen LogP contribution in [-0.4, -0.2) is 19.1 Å². The Morgan fingerprint density at radius 1 is 0.450 bits per heavy atom. The Morgan fingerprint density at radius 3 is 1.47 bits per heavy atom. The Morgan fingerprint density at radius 2 is 0.917 bits per heavy atom. The molecule has 11 aromatic rings. The summed E-state index contributed by atoms with van der Waals surface area (Å²) in [4.78, 5) is 9.84. The molecule has 7 aromatic carbocycles. The highest BCUT2D eigenvalue weighted by Gasteiger charge is 2.52. The zero-order valence-corrected chi connectivity index (χ0v) is 32.0. The molecule has 0 amide bonds. The van der Waals surface area contributed by atoms with Crippen LogP contribution in [0.4, 0.5) is 0 Å². The third-order valence-corrected chi connectivity index (χ3v) is 12.7. The number of benzene rings is 7. The molecule has 1 spiro atoms. The Hall–Kier alpha value is -8.27. The maximum atomic E-state index is 11.2. The first-order valence-corrected chi connectivity index (χ1v) is 20.1. The number of pyridine rings is 2. The Labute approximate surface area is 344 Å². The van der Waals surface area contributed by atoms with Gasteiger partial charge in [0, 0.05) is 50.6 Å². The first-order valence-electron chi connectivity index (χ1n) is 20.1. The van der Waals surface area contributed by atoms with Gasteiger partial charge in [0.1, 0.15) is 11.5 Å². The van der Waals surface area contributed by atoms with Crippen LogP contribution in [0.25, 0.3) is 77.5 Å². The van der Waals surface area contributed by atoms with Crippen molar-refractivity contribution >= 4 is 43.6 Å². The molecule has 278 valence electrons. The first kappa shape index (κ1) is 32.8. The standard InChI is InChI=1S/C54H31N5O/c55-32-34-30-48(58-44-20-6-1-13-35(44)36-14-2-7-21-45(36)58)49(59-46-22-8-3-15-37(46)38-16-4-9-23-47(38)59)31-39(34)33-25-26-51-43(29-33)54(40-17-5-10-24-50(40)60-51)41-18-11-27-56-52(41)53-42(54)19-12-28-57-53/h1-31H. The van der Waals surface area contributed by atoms with Gasteiger partial charge < -0.3 is 13.9 Å². The summed E-state index contributed by atoms with van der Waals surface area (Å²) in [7, 11) is 0. The number of rotatable bonds is 3. The molecule has 60 heavy (non-hydrogen) atoms. The topological polar surface area (TPSA) is 68.7 Å². The number of para-hydroxylation sites is 5. The number of ether oxygens (including phenoxy) is 1. The largest absolute Gasteiger partial charge is 0.457 e. The van der Waals surface area contributed by atoms with Crippen molar-refractivity contribution in [1.82, 2.24) is 19.1 Å².